The lowest BCUT2D eigenvalue weighted by atomic mass is 9.98. The van der Waals surface area contributed by atoms with Gasteiger partial charge in [0.25, 0.3) is 0 Å². The average Bonchev–Trinajstić information content (AvgIpc) is 2.79. The highest BCUT2D eigenvalue weighted by Crippen LogP contribution is 2.24. The second-order valence-electron chi connectivity index (χ2n) is 5.75. The van der Waals surface area contributed by atoms with Crippen molar-refractivity contribution in [3.05, 3.63) is 17.6 Å². The van der Waals surface area contributed by atoms with E-state index in [-0.39, 0.29) is 11.8 Å². The van der Waals surface area contributed by atoms with Gasteiger partial charge in [-0.15, -0.1) is 0 Å². The van der Waals surface area contributed by atoms with Gasteiger partial charge in [0, 0.05) is 44.2 Å². The zero-order chi connectivity index (χ0) is 15.4. The van der Waals surface area contributed by atoms with Crippen LogP contribution in [0.25, 0.3) is 0 Å². The van der Waals surface area contributed by atoms with Crippen molar-refractivity contribution in [2.75, 3.05) is 32.9 Å². The third-order valence-corrected chi connectivity index (χ3v) is 4.41. The van der Waals surface area contributed by atoms with Crippen molar-refractivity contribution in [2.45, 2.75) is 32.6 Å². The van der Waals surface area contributed by atoms with E-state index in [9.17, 15) is 4.79 Å². The van der Waals surface area contributed by atoms with Crippen molar-refractivity contribution in [2.24, 2.45) is 5.92 Å². The Hall–Kier alpha value is -1.69. The molecule has 2 aliphatic rings. The first kappa shape index (κ1) is 15.2. The molecule has 0 aromatic carbocycles. The standard InChI is InChI=1S/C16H23N3O3/c1-2-22-15-13-3-7-19(8-4-14(13)17-11-18-15)16(20)12-5-9-21-10-6-12/h11-12H,2-10H2,1H3. The summed E-state index contributed by atoms with van der Waals surface area (Å²) in [5.41, 5.74) is 2.08. The molecule has 0 N–H and O–H groups in total. The summed E-state index contributed by atoms with van der Waals surface area (Å²) in [6, 6.07) is 0. The summed E-state index contributed by atoms with van der Waals surface area (Å²) >= 11 is 0. The quantitative estimate of drug-likeness (QED) is 0.840. The maximum Gasteiger partial charge on any atom is 0.225 e. The number of ether oxygens (including phenoxy) is 2. The SMILES string of the molecule is CCOc1ncnc2c1CCN(C(=O)C1CCOCC1)CC2. The predicted octanol–water partition coefficient (Wildman–Crippen LogP) is 1.23. The third-order valence-electron chi connectivity index (χ3n) is 4.41. The van der Waals surface area contributed by atoms with E-state index in [1.54, 1.807) is 6.33 Å². The monoisotopic (exact) mass is 305 g/mol. The van der Waals surface area contributed by atoms with Gasteiger partial charge in [-0.25, -0.2) is 9.97 Å². The summed E-state index contributed by atoms with van der Waals surface area (Å²) in [4.78, 5) is 23.3. The maximum atomic E-state index is 12.7. The number of nitrogens with zero attached hydrogens (tertiary/aromatic N) is 3. The van der Waals surface area contributed by atoms with E-state index in [1.165, 1.54) is 0 Å². The van der Waals surface area contributed by atoms with Gasteiger partial charge >= 0.3 is 0 Å². The molecule has 6 heteroatoms. The highest BCUT2D eigenvalue weighted by Gasteiger charge is 2.28. The predicted molar refractivity (Wildman–Crippen MR) is 80.7 cm³/mol. The molecule has 1 aromatic rings. The lowest BCUT2D eigenvalue weighted by Crippen LogP contribution is -2.40. The minimum absolute atomic E-state index is 0.118. The topological polar surface area (TPSA) is 64.6 Å². The van der Waals surface area contributed by atoms with E-state index in [2.05, 4.69) is 9.97 Å². The molecule has 3 rings (SSSR count). The van der Waals surface area contributed by atoms with Crippen LogP contribution in [0.5, 0.6) is 5.88 Å². The summed E-state index contributed by atoms with van der Waals surface area (Å²) < 4.78 is 11.0. The molecule has 6 nitrogen and oxygen atoms in total. The van der Waals surface area contributed by atoms with Gasteiger partial charge in [-0.05, 0) is 26.2 Å². The first-order valence-electron chi connectivity index (χ1n) is 8.11. The molecule has 0 aliphatic carbocycles. The van der Waals surface area contributed by atoms with Crippen LogP contribution in [0.2, 0.25) is 0 Å². The number of rotatable bonds is 3. The molecule has 1 saturated heterocycles. The Bertz CT molecular complexity index is 529. The largest absolute Gasteiger partial charge is 0.478 e. The van der Waals surface area contributed by atoms with E-state index in [4.69, 9.17) is 9.47 Å². The Kier molecular flexibility index (Phi) is 4.87. The lowest BCUT2D eigenvalue weighted by molar-refractivity contribution is -0.138. The van der Waals surface area contributed by atoms with Crippen LogP contribution in [0.4, 0.5) is 0 Å². The molecule has 1 fully saturated rings. The van der Waals surface area contributed by atoms with Gasteiger partial charge in [-0.3, -0.25) is 4.79 Å². The normalized spacial score (nSPS) is 19.4. The molecule has 1 aromatic heterocycles. The van der Waals surface area contributed by atoms with Crippen LogP contribution in [0.3, 0.4) is 0 Å². The molecular weight excluding hydrogens is 282 g/mol. The summed E-state index contributed by atoms with van der Waals surface area (Å²) in [5.74, 6) is 1.06. The molecule has 0 atom stereocenters. The fourth-order valence-electron chi connectivity index (χ4n) is 3.18. The van der Waals surface area contributed by atoms with E-state index in [0.717, 1.165) is 50.0 Å². The van der Waals surface area contributed by atoms with E-state index in [1.807, 2.05) is 11.8 Å². The first-order chi connectivity index (χ1) is 10.8. The second kappa shape index (κ2) is 7.05. The highest BCUT2D eigenvalue weighted by molar-refractivity contribution is 5.79. The molecule has 1 amide bonds. The van der Waals surface area contributed by atoms with Gasteiger partial charge in [0.1, 0.15) is 6.33 Å². The van der Waals surface area contributed by atoms with Gasteiger partial charge in [-0.2, -0.15) is 0 Å². The molecule has 0 radical (unpaired) electrons. The van der Waals surface area contributed by atoms with E-state index >= 15 is 0 Å². The van der Waals surface area contributed by atoms with Gasteiger partial charge in [-0.1, -0.05) is 0 Å². The molecule has 0 saturated carbocycles. The highest BCUT2D eigenvalue weighted by atomic mass is 16.5. The number of aromatic nitrogens is 2. The van der Waals surface area contributed by atoms with Crippen LogP contribution in [0.15, 0.2) is 6.33 Å². The number of carbonyl (C=O) groups excluding carboxylic acids is 1. The van der Waals surface area contributed by atoms with Crippen molar-refractivity contribution >= 4 is 5.91 Å². The maximum absolute atomic E-state index is 12.7. The number of hydrogen-bond acceptors (Lipinski definition) is 5. The summed E-state index contributed by atoms with van der Waals surface area (Å²) in [7, 11) is 0. The number of carbonyl (C=O) groups is 1. The Balaban J connectivity index is 1.70. The van der Waals surface area contributed by atoms with Crippen molar-refractivity contribution in [1.82, 2.24) is 14.9 Å². The van der Waals surface area contributed by atoms with E-state index in [0.29, 0.717) is 25.7 Å². The fraction of sp³-hybridized carbons (Fsp3) is 0.688. The minimum Gasteiger partial charge on any atom is -0.478 e. The van der Waals surface area contributed by atoms with Crippen LogP contribution in [-0.2, 0) is 22.4 Å². The molecule has 3 heterocycles. The molecule has 2 aliphatic heterocycles. The molecule has 0 spiro atoms. The van der Waals surface area contributed by atoms with Crippen molar-refractivity contribution in [3.63, 3.8) is 0 Å². The Morgan fingerprint density at radius 3 is 2.86 bits per heavy atom. The minimum atomic E-state index is 0.118. The average molecular weight is 305 g/mol. The van der Waals surface area contributed by atoms with Crippen LogP contribution >= 0.6 is 0 Å². The molecule has 22 heavy (non-hydrogen) atoms. The Morgan fingerprint density at radius 2 is 2.09 bits per heavy atom. The van der Waals surface area contributed by atoms with Crippen molar-refractivity contribution < 1.29 is 14.3 Å². The summed E-state index contributed by atoms with van der Waals surface area (Å²) in [6.45, 7) is 5.39. The first-order valence-corrected chi connectivity index (χ1v) is 8.11. The number of amides is 1. The second-order valence-corrected chi connectivity index (χ2v) is 5.75. The van der Waals surface area contributed by atoms with Crippen LogP contribution in [0.1, 0.15) is 31.0 Å². The summed E-state index contributed by atoms with van der Waals surface area (Å²) in [5, 5.41) is 0. The van der Waals surface area contributed by atoms with Crippen molar-refractivity contribution in [1.29, 1.82) is 0 Å². The summed E-state index contributed by atoms with van der Waals surface area (Å²) in [6.07, 6.45) is 4.77. The number of hydrogen-bond donors (Lipinski definition) is 0. The molecular formula is C16H23N3O3. The van der Waals surface area contributed by atoms with Gasteiger partial charge < -0.3 is 14.4 Å². The third kappa shape index (κ3) is 3.21. The smallest absolute Gasteiger partial charge is 0.225 e. The van der Waals surface area contributed by atoms with Gasteiger partial charge in [0.2, 0.25) is 11.8 Å². The lowest BCUT2D eigenvalue weighted by Gasteiger charge is -2.28. The van der Waals surface area contributed by atoms with Gasteiger partial charge in [0.05, 0.1) is 12.3 Å². The van der Waals surface area contributed by atoms with Crippen LogP contribution < -0.4 is 4.74 Å². The van der Waals surface area contributed by atoms with E-state index < -0.39 is 0 Å². The zero-order valence-electron chi connectivity index (χ0n) is 13.1. The fourth-order valence-corrected chi connectivity index (χ4v) is 3.18. The van der Waals surface area contributed by atoms with Crippen molar-refractivity contribution in [3.8, 4) is 5.88 Å². The van der Waals surface area contributed by atoms with Gasteiger partial charge in [0.15, 0.2) is 0 Å². The Labute approximate surface area is 130 Å². The van der Waals surface area contributed by atoms with Crippen LogP contribution in [0, 0.1) is 5.92 Å². The molecule has 120 valence electrons. The van der Waals surface area contributed by atoms with Crippen LogP contribution in [-0.4, -0.2) is 53.7 Å². The molecule has 0 unspecified atom stereocenters. The Morgan fingerprint density at radius 1 is 1.32 bits per heavy atom. The molecule has 0 bridgehead atoms. The number of fused-ring (bicyclic) bond motifs is 1. The zero-order valence-corrected chi connectivity index (χ0v) is 13.1.